The summed E-state index contributed by atoms with van der Waals surface area (Å²) in [5, 5.41) is 0. The fraction of sp³-hybridized carbons (Fsp3) is 0.500. The van der Waals surface area contributed by atoms with Crippen molar-refractivity contribution in [3.05, 3.63) is 42.0 Å². The lowest BCUT2D eigenvalue weighted by Crippen LogP contribution is -2.51. The second-order valence-electron chi connectivity index (χ2n) is 5.92. The first-order valence-electron chi connectivity index (χ1n) is 7.87. The number of amides is 1. The van der Waals surface area contributed by atoms with E-state index in [0.717, 1.165) is 38.5 Å². The molecule has 0 unspecified atom stereocenters. The number of benzene rings is 1. The number of carbonyl (C=O) groups is 1. The molecule has 1 aliphatic rings. The summed E-state index contributed by atoms with van der Waals surface area (Å²) in [5.74, 6) is 0.825. The van der Waals surface area contributed by atoms with Crippen LogP contribution < -0.4 is 4.74 Å². The fourth-order valence-electron chi connectivity index (χ4n) is 2.63. The lowest BCUT2D eigenvalue weighted by Gasteiger charge is -2.35. The van der Waals surface area contributed by atoms with Crippen molar-refractivity contribution in [3.8, 4) is 5.75 Å². The zero-order valence-corrected chi connectivity index (χ0v) is 13.8. The van der Waals surface area contributed by atoms with E-state index < -0.39 is 6.10 Å². The van der Waals surface area contributed by atoms with Gasteiger partial charge in [-0.3, -0.25) is 9.69 Å². The molecule has 4 nitrogen and oxygen atoms in total. The highest BCUT2D eigenvalue weighted by molar-refractivity contribution is 5.81. The van der Waals surface area contributed by atoms with E-state index in [-0.39, 0.29) is 5.91 Å². The minimum absolute atomic E-state index is 0.0662. The number of rotatable bonds is 5. The summed E-state index contributed by atoms with van der Waals surface area (Å²) in [6, 6.07) is 5.94. The molecule has 0 aliphatic carbocycles. The van der Waals surface area contributed by atoms with Crippen LogP contribution in [0.3, 0.4) is 0 Å². The maximum Gasteiger partial charge on any atom is 0.263 e. The lowest BCUT2D eigenvalue weighted by atomic mass is 10.1. The van der Waals surface area contributed by atoms with Gasteiger partial charge in [0.25, 0.3) is 5.91 Å². The molecule has 1 amide bonds. The van der Waals surface area contributed by atoms with Gasteiger partial charge in [-0.05, 0) is 44.0 Å². The van der Waals surface area contributed by atoms with Crippen LogP contribution in [0.2, 0.25) is 0 Å². The Bertz CT molecular complexity index is 534. The number of nitrogens with zero attached hydrogens (tertiary/aromatic N) is 2. The van der Waals surface area contributed by atoms with Crippen molar-refractivity contribution in [1.82, 2.24) is 9.80 Å². The van der Waals surface area contributed by atoms with Crippen LogP contribution in [0.25, 0.3) is 0 Å². The van der Waals surface area contributed by atoms with Crippen molar-refractivity contribution in [2.75, 3.05) is 32.7 Å². The van der Waals surface area contributed by atoms with E-state index in [0.29, 0.717) is 0 Å². The minimum atomic E-state index is -0.451. The quantitative estimate of drug-likeness (QED) is 0.783. The molecule has 0 radical (unpaired) electrons. The number of ether oxygens (including phenoxy) is 1. The van der Waals surface area contributed by atoms with Crippen molar-refractivity contribution in [2.45, 2.75) is 26.9 Å². The Kier molecular flexibility index (Phi) is 5.61. The fourth-order valence-corrected chi connectivity index (χ4v) is 2.63. The highest BCUT2D eigenvalue weighted by Gasteiger charge is 2.25. The highest BCUT2D eigenvalue weighted by atomic mass is 16.5. The van der Waals surface area contributed by atoms with E-state index in [2.05, 4.69) is 18.4 Å². The predicted octanol–water partition coefficient (Wildman–Crippen LogP) is 2.40. The van der Waals surface area contributed by atoms with Crippen molar-refractivity contribution in [2.24, 2.45) is 0 Å². The average Bonchev–Trinajstić information content (AvgIpc) is 2.51. The third-order valence-electron chi connectivity index (χ3n) is 4.21. The first kappa shape index (κ1) is 16.6. The van der Waals surface area contributed by atoms with Gasteiger partial charge in [-0.2, -0.15) is 0 Å². The number of hydrogen-bond acceptors (Lipinski definition) is 3. The maximum atomic E-state index is 12.5. The molecule has 1 saturated heterocycles. The van der Waals surface area contributed by atoms with Crippen LogP contribution in [0.1, 0.15) is 18.1 Å². The van der Waals surface area contributed by atoms with E-state index in [1.807, 2.05) is 43.0 Å². The molecule has 1 aromatic rings. The van der Waals surface area contributed by atoms with Crippen molar-refractivity contribution in [1.29, 1.82) is 0 Å². The molecule has 0 N–H and O–H groups in total. The molecule has 0 aromatic heterocycles. The Hall–Kier alpha value is -1.81. The zero-order chi connectivity index (χ0) is 16.1. The monoisotopic (exact) mass is 302 g/mol. The normalized spacial score (nSPS) is 17.1. The van der Waals surface area contributed by atoms with Gasteiger partial charge in [0.2, 0.25) is 0 Å². The Morgan fingerprint density at radius 1 is 1.27 bits per heavy atom. The SMILES string of the molecule is C=CCN1CCN(C(=O)[C@H](C)Oc2ccc(C)c(C)c2)CC1. The van der Waals surface area contributed by atoms with Crippen LogP contribution in [0.5, 0.6) is 5.75 Å². The van der Waals surface area contributed by atoms with Crippen molar-refractivity contribution in [3.63, 3.8) is 0 Å². The zero-order valence-electron chi connectivity index (χ0n) is 13.8. The van der Waals surface area contributed by atoms with E-state index in [1.54, 1.807) is 0 Å². The molecular formula is C18H26N2O2. The maximum absolute atomic E-state index is 12.5. The van der Waals surface area contributed by atoms with Gasteiger partial charge in [-0.15, -0.1) is 6.58 Å². The molecule has 1 fully saturated rings. The second kappa shape index (κ2) is 7.45. The standard InChI is InChI=1S/C18H26N2O2/c1-5-8-19-9-11-20(12-10-19)18(21)16(4)22-17-7-6-14(2)15(3)13-17/h5-7,13,16H,1,8-12H2,2-4H3/t16-/m0/s1. The van der Waals surface area contributed by atoms with Crippen LogP contribution in [0.4, 0.5) is 0 Å². The minimum Gasteiger partial charge on any atom is -0.481 e. The third-order valence-corrected chi connectivity index (χ3v) is 4.21. The Balaban J connectivity index is 1.89. The van der Waals surface area contributed by atoms with Crippen LogP contribution in [0, 0.1) is 13.8 Å². The van der Waals surface area contributed by atoms with Gasteiger partial charge in [0.15, 0.2) is 6.10 Å². The molecule has 0 spiro atoms. The summed E-state index contributed by atoms with van der Waals surface area (Å²) in [6.07, 6.45) is 1.45. The first-order chi connectivity index (χ1) is 10.5. The summed E-state index contributed by atoms with van der Waals surface area (Å²) in [7, 11) is 0. The molecule has 1 atom stereocenters. The molecule has 2 rings (SSSR count). The van der Waals surface area contributed by atoms with Gasteiger partial charge in [0.1, 0.15) is 5.75 Å². The van der Waals surface area contributed by atoms with Crippen LogP contribution in [-0.4, -0.2) is 54.5 Å². The van der Waals surface area contributed by atoms with Gasteiger partial charge in [-0.25, -0.2) is 0 Å². The van der Waals surface area contributed by atoms with Gasteiger partial charge < -0.3 is 9.64 Å². The van der Waals surface area contributed by atoms with Crippen molar-refractivity contribution < 1.29 is 9.53 Å². The molecule has 1 aliphatic heterocycles. The topological polar surface area (TPSA) is 32.8 Å². The third kappa shape index (κ3) is 4.10. The van der Waals surface area contributed by atoms with Crippen LogP contribution in [-0.2, 0) is 4.79 Å². The molecule has 120 valence electrons. The second-order valence-corrected chi connectivity index (χ2v) is 5.92. The van der Waals surface area contributed by atoms with Crippen LogP contribution in [0.15, 0.2) is 30.9 Å². The molecule has 4 heteroatoms. The molecule has 1 aromatic carbocycles. The Labute approximate surface area is 133 Å². The van der Waals surface area contributed by atoms with Gasteiger partial charge in [-0.1, -0.05) is 12.1 Å². The van der Waals surface area contributed by atoms with Gasteiger partial charge in [0.05, 0.1) is 0 Å². The molecule has 1 heterocycles. The van der Waals surface area contributed by atoms with E-state index in [9.17, 15) is 4.79 Å². The summed E-state index contributed by atoms with van der Waals surface area (Å²) in [4.78, 5) is 16.7. The lowest BCUT2D eigenvalue weighted by molar-refractivity contribution is -0.139. The summed E-state index contributed by atoms with van der Waals surface area (Å²) in [6.45, 7) is 13.9. The number of piperazine rings is 1. The van der Waals surface area contributed by atoms with Gasteiger partial charge in [0, 0.05) is 32.7 Å². The highest BCUT2D eigenvalue weighted by Crippen LogP contribution is 2.18. The van der Waals surface area contributed by atoms with E-state index in [4.69, 9.17) is 4.74 Å². The Morgan fingerprint density at radius 3 is 2.55 bits per heavy atom. The smallest absolute Gasteiger partial charge is 0.263 e. The molecular weight excluding hydrogens is 276 g/mol. The largest absolute Gasteiger partial charge is 0.481 e. The molecule has 22 heavy (non-hydrogen) atoms. The average molecular weight is 302 g/mol. The van der Waals surface area contributed by atoms with E-state index in [1.165, 1.54) is 11.1 Å². The summed E-state index contributed by atoms with van der Waals surface area (Å²) >= 11 is 0. The first-order valence-corrected chi connectivity index (χ1v) is 7.87. The van der Waals surface area contributed by atoms with Crippen molar-refractivity contribution >= 4 is 5.91 Å². The molecule has 0 bridgehead atoms. The van der Waals surface area contributed by atoms with Crippen LogP contribution >= 0.6 is 0 Å². The van der Waals surface area contributed by atoms with Gasteiger partial charge >= 0.3 is 0 Å². The summed E-state index contributed by atoms with van der Waals surface area (Å²) in [5.41, 5.74) is 2.40. The Morgan fingerprint density at radius 2 is 1.95 bits per heavy atom. The number of aryl methyl sites for hydroxylation is 2. The summed E-state index contributed by atoms with van der Waals surface area (Å²) < 4.78 is 5.82. The predicted molar refractivity (Wildman–Crippen MR) is 89.2 cm³/mol. The number of carbonyl (C=O) groups excluding carboxylic acids is 1. The van der Waals surface area contributed by atoms with E-state index >= 15 is 0 Å². The molecule has 0 saturated carbocycles. The number of hydrogen-bond donors (Lipinski definition) is 0.